The lowest BCUT2D eigenvalue weighted by molar-refractivity contribution is -0.129. The molecule has 0 N–H and O–H groups in total. The summed E-state index contributed by atoms with van der Waals surface area (Å²) < 4.78 is 13.4. The van der Waals surface area contributed by atoms with Crippen LogP contribution in [0.25, 0.3) is 17.2 Å². The Balaban J connectivity index is 1.34. The third-order valence-corrected chi connectivity index (χ3v) is 7.48. The maximum atomic E-state index is 12.5. The van der Waals surface area contributed by atoms with Gasteiger partial charge in [-0.05, 0) is 98.3 Å². The smallest absolute Gasteiger partial charge is 0.363 e. The maximum absolute atomic E-state index is 12.5. The van der Waals surface area contributed by atoms with Gasteiger partial charge in [0.25, 0.3) is 0 Å². The van der Waals surface area contributed by atoms with Crippen LogP contribution in [0.2, 0.25) is 5.02 Å². The molecule has 0 aliphatic carbocycles. The second-order valence-corrected chi connectivity index (χ2v) is 10.7. The summed E-state index contributed by atoms with van der Waals surface area (Å²) in [6, 6.07) is 29.4. The minimum Gasteiger partial charge on any atom is -0.487 e. The Morgan fingerprint density at radius 1 is 0.833 bits per heavy atom. The van der Waals surface area contributed by atoms with Crippen molar-refractivity contribution in [1.29, 1.82) is 0 Å². The van der Waals surface area contributed by atoms with Crippen molar-refractivity contribution in [2.75, 3.05) is 0 Å². The van der Waals surface area contributed by atoms with Gasteiger partial charge in [-0.25, -0.2) is 9.79 Å². The van der Waals surface area contributed by atoms with E-state index < -0.39 is 5.97 Å². The Morgan fingerprint density at radius 3 is 2.14 bits per heavy atom. The lowest BCUT2D eigenvalue weighted by Gasteiger charge is -2.12. The molecule has 1 heterocycles. The molecule has 5 rings (SSSR count). The highest BCUT2D eigenvalue weighted by Gasteiger charge is 2.24. The number of hydrogen-bond donors (Lipinski definition) is 0. The Bertz CT molecular complexity index is 1480. The van der Waals surface area contributed by atoms with E-state index in [0.29, 0.717) is 17.5 Å². The van der Waals surface area contributed by atoms with Gasteiger partial charge in [0, 0.05) is 16.1 Å². The molecule has 4 nitrogen and oxygen atoms in total. The van der Waals surface area contributed by atoms with Crippen molar-refractivity contribution in [2.45, 2.75) is 6.61 Å². The fourth-order valence-electron chi connectivity index (χ4n) is 3.69. The third kappa shape index (κ3) is 5.66. The van der Waals surface area contributed by atoms with Crippen molar-refractivity contribution in [3.05, 3.63) is 126 Å². The summed E-state index contributed by atoms with van der Waals surface area (Å²) in [5.41, 5.74) is 4.97. The Morgan fingerprint density at radius 2 is 1.44 bits per heavy atom. The van der Waals surface area contributed by atoms with Crippen molar-refractivity contribution in [1.82, 2.24) is 0 Å². The first-order valence-corrected chi connectivity index (χ1v) is 13.5. The van der Waals surface area contributed by atoms with Crippen LogP contribution in [0, 0.1) is 7.14 Å². The van der Waals surface area contributed by atoms with Crippen LogP contribution in [0.4, 0.5) is 0 Å². The van der Waals surface area contributed by atoms with Gasteiger partial charge in [0.2, 0.25) is 5.90 Å². The zero-order valence-electron chi connectivity index (χ0n) is 18.8. The Hall–Kier alpha value is -2.69. The number of aliphatic imine (C=N–C) groups is 1. The van der Waals surface area contributed by atoms with E-state index in [4.69, 9.17) is 21.1 Å². The van der Waals surface area contributed by atoms with Gasteiger partial charge in [0.15, 0.2) is 5.70 Å². The van der Waals surface area contributed by atoms with Crippen molar-refractivity contribution < 1.29 is 14.3 Å². The first-order valence-electron chi connectivity index (χ1n) is 11.0. The number of nitrogens with zero attached hydrogens (tertiary/aromatic N) is 1. The predicted molar refractivity (Wildman–Crippen MR) is 160 cm³/mol. The van der Waals surface area contributed by atoms with Crippen LogP contribution >= 0.6 is 56.8 Å². The second-order valence-electron chi connectivity index (χ2n) is 7.97. The van der Waals surface area contributed by atoms with Crippen LogP contribution in [0.5, 0.6) is 5.75 Å². The average Bonchev–Trinajstić information content (AvgIpc) is 3.25. The lowest BCUT2D eigenvalue weighted by Crippen LogP contribution is -2.05. The number of halogens is 3. The number of benzene rings is 4. The third-order valence-electron chi connectivity index (χ3n) is 5.51. The molecule has 0 saturated heterocycles. The Kier molecular flexibility index (Phi) is 7.73. The zero-order valence-corrected chi connectivity index (χ0v) is 23.8. The molecule has 0 saturated carbocycles. The maximum Gasteiger partial charge on any atom is 0.363 e. The van der Waals surface area contributed by atoms with Gasteiger partial charge in [-0.15, -0.1) is 0 Å². The summed E-state index contributed by atoms with van der Waals surface area (Å²) in [7, 11) is 0. The molecule has 1 aliphatic heterocycles. The SMILES string of the molecule is O=C1OC(c2ccc(-c3ccccc3)cc2)=N/C1=C\c1cc(I)c(OCc2ccccc2Cl)c(I)c1. The number of hydrogen-bond acceptors (Lipinski definition) is 4. The van der Waals surface area contributed by atoms with Gasteiger partial charge < -0.3 is 9.47 Å². The van der Waals surface area contributed by atoms with Crippen LogP contribution < -0.4 is 4.74 Å². The number of cyclic esters (lactones) is 1. The molecule has 0 aromatic heterocycles. The molecular weight excluding hydrogens is 700 g/mol. The van der Waals surface area contributed by atoms with Crippen LogP contribution in [-0.4, -0.2) is 11.9 Å². The topological polar surface area (TPSA) is 47.9 Å². The molecule has 4 aromatic rings. The highest BCUT2D eigenvalue weighted by atomic mass is 127. The summed E-state index contributed by atoms with van der Waals surface area (Å²) in [5.74, 6) is 0.603. The van der Waals surface area contributed by atoms with Crippen LogP contribution in [0.1, 0.15) is 16.7 Å². The summed E-state index contributed by atoms with van der Waals surface area (Å²) in [4.78, 5) is 17.0. The summed E-state index contributed by atoms with van der Waals surface area (Å²) in [6.07, 6.45) is 1.73. The molecule has 0 amide bonds. The Labute approximate surface area is 241 Å². The van der Waals surface area contributed by atoms with Gasteiger partial charge in [0.1, 0.15) is 12.4 Å². The molecule has 1 aliphatic rings. The number of ether oxygens (including phenoxy) is 2. The molecule has 0 fully saturated rings. The van der Waals surface area contributed by atoms with E-state index in [9.17, 15) is 4.79 Å². The predicted octanol–water partition coefficient (Wildman–Crippen LogP) is 8.14. The molecule has 4 aromatic carbocycles. The van der Waals surface area contributed by atoms with Crippen LogP contribution in [-0.2, 0) is 16.1 Å². The van der Waals surface area contributed by atoms with E-state index in [-0.39, 0.29) is 5.70 Å². The average molecular weight is 718 g/mol. The highest BCUT2D eigenvalue weighted by molar-refractivity contribution is 14.1. The zero-order chi connectivity index (χ0) is 25.1. The lowest BCUT2D eigenvalue weighted by atomic mass is 10.0. The highest BCUT2D eigenvalue weighted by Crippen LogP contribution is 2.32. The minimum atomic E-state index is -0.471. The number of carbonyl (C=O) groups excluding carboxylic acids is 1. The van der Waals surface area contributed by atoms with Crippen LogP contribution in [0.3, 0.4) is 0 Å². The molecule has 7 heteroatoms. The molecule has 0 bridgehead atoms. The summed E-state index contributed by atoms with van der Waals surface area (Å²) in [5, 5.41) is 0.673. The van der Waals surface area contributed by atoms with E-state index >= 15 is 0 Å². The standard InChI is InChI=1S/C29H18ClI2NO3/c30-23-9-5-4-8-22(23)17-35-27-24(31)14-18(15-25(27)32)16-26-29(34)36-28(33-26)21-12-10-20(11-13-21)19-6-2-1-3-7-19/h1-16H,17H2/b26-16-. The van der Waals surface area contributed by atoms with Crippen molar-refractivity contribution in [3.63, 3.8) is 0 Å². The largest absolute Gasteiger partial charge is 0.487 e. The number of carbonyl (C=O) groups is 1. The summed E-state index contributed by atoms with van der Waals surface area (Å²) >= 11 is 10.7. The van der Waals surface area contributed by atoms with E-state index in [0.717, 1.165) is 40.7 Å². The second kappa shape index (κ2) is 11.1. The van der Waals surface area contributed by atoms with Crippen molar-refractivity contribution >= 4 is 74.7 Å². The van der Waals surface area contributed by atoms with Gasteiger partial charge in [-0.1, -0.05) is 72.3 Å². The van der Waals surface area contributed by atoms with E-state index in [1.807, 2.05) is 78.9 Å². The van der Waals surface area contributed by atoms with Gasteiger partial charge in [-0.2, -0.15) is 0 Å². The molecule has 0 atom stereocenters. The first kappa shape index (κ1) is 25.0. The molecule has 0 spiro atoms. The van der Waals surface area contributed by atoms with Crippen molar-refractivity contribution in [2.24, 2.45) is 4.99 Å². The molecule has 0 unspecified atom stereocenters. The normalized spacial score (nSPS) is 14.0. The minimum absolute atomic E-state index is 0.258. The summed E-state index contributed by atoms with van der Waals surface area (Å²) in [6.45, 7) is 0.370. The van der Waals surface area contributed by atoms with E-state index in [2.05, 4.69) is 62.3 Å². The molecule has 36 heavy (non-hydrogen) atoms. The van der Waals surface area contributed by atoms with E-state index in [1.165, 1.54) is 0 Å². The van der Waals surface area contributed by atoms with Crippen LogP contribution in [0.15, 0.2) is 102 Å². The van der Waals surface area contributed by atoms with E-state index in [1.54, 1.807) is 6.08 Å². The monoisotopic (exact) mass is 717 g/mol. The fourth-order valence-corrected chi connectivity index (χ4v) is 6.01. The van der Waals surface area contributed by atoms with Gasteiger partial charge >= 0.3 is 5.97 Å². The molecule has 0 radical (unpaired) electrons. The molecular formula is C29H18ClI2NO3. The van der Waals surface area contributed by atoms with Crippen molar-refractivity contribution in [3.8, 4) is 16.9 Å². The fraction of sp³-hybridized carbons (Fsp3) is 0.0345. The van der Waals surface area contributed by atoms with Gasteiger partial charge in [-0.3, -0.25) is 0 Å². The van der Waals surface area contributed by atoms with Gasteiger partial charge in [0.05, 0.1) is 7.14 Å². The number of esters is 1. The first-order chi connectivity index (χ1) is 17.5. The quantitative estimate of drug-likeness (QED) is 0.115. The number of rotatable bonds is 6. The molecule has 178 valence electrons.